The number of amides is 1. The number of aromatic nitrogens is 2. The summed E-state index contributed by atoms with van der Waals surface area (Å²) in [5.41, 5.74) is 3.62. The molecule has 0 aliphatic carbocycles. The smallest absolute Gasteiger partial charge is 0.268 e. The molecule has 0 fully saturated rings. The fourth-order valence-electron chi connectivity index (χ4n) is 3.55. The van der Waals surface area contributed by atoms with Gasteiger partial charge in [0.15, 0.2) is 0 Å². The fourth-order valence-corrected chi connectivity index (χ4v) is 4.73. The number of hydrogen-bond donors (Lipinski definition) is 4. The van der Waals surface area contributed by atoms with Crippen molar-refractivity contribution < 1.29 is 29.4 Å². The molecule has 35 heavy (non-hydrogen) atoms. The molecule has 0 spiro atoms. The van der Waals surface area contributed by atoms with E-state index in [1.807, 2.05) is 46.0 Å². The predicted octanol–water partition coefficient (Wildman–Crippen LogP) is 1.66. The van der Waals surface area contributed by atoms with Crippen LogP contribution in [0.15, 0.2) is 22.7 Å². The minimum Gasteiger partial charge on any atom is -0.490 e. The Morgan fingerprint density at radius 1 is 1.20 bits per heavy atom. The number of nitrogens with zero attached hydrogens (tertiary/aromatic N) is 3. The van der Waals surface area contributed by atoms with Crippen molar-refractivity contribution in [3.8, 4) is 27.9 Å². The molecule has 10 nitrogen and oxygen atoms in total. The number of nitrogens with one attached hydrogen (secondary N) is 1. The third-order valence-corrected chi connectivity index (χ3v) is 6.58. The van der Waals surface area contributed by atoms with Crippen LogP contribution in [0.4, 0.5) is 0 Å². The van der Waals surface area contributed by atoms with Crippen molar-refractivity contribution >= 4 is 17.2 Å². The number of hydrogen-bond acceptors (Lipinski definition) is 10. The molecule has 0 radical (unpaired) electrons. The van der Waals surface area contributed by atoms with Gasteiger partial charge in [-0.25, -0.2) is 0 Å². The number of thiophene rings is 1. The zero-order valence-electron chi connectivity index (χ0n) is 20.4. The van der Waals surface area contributed by atoms with Crippen LogP contribution in [0.5, 0.6) is 5.75 Å². The minimum absolute atomic E-state index is 0.00729. The number of aliphatic hydroxyl groups is 3. The van der Waals surface area contributed by atoms with Crippen LogP contribution in [-0.4, -0.2) is 82.3 Å². The average molecular weight is 505 g/mol. The molecule has 0 aliphatic heterocycles. The van der Waals surface area contributed by atoms with E-state index in [1.54, 1.807) is 11.3 Å². The zero-order valence-corrected chi connectivity index (χ0v) is 21.2. The van der Waals surface area contributed by atoms with Crippen molar-refractivity contribution in [1.29, 1.82) is 0 Å². The van der Waals surface area contributed by atoms with Gasteiger partial charge in [-0.15, -0.1) is 11.3 Å². The SMILES string of the molecule is Cc1cc(-c2nc(-c3cc(C)c(OC[C@H](O)CNC(=O)CO)c(C)c3)no2)sc1CN(C)CCO. The monoisotopic (exact) mass is 504 g/mol. The second-order valence-corrected chi connectivity index (χ2v) is 9.60. The number of benzene rings is 1. The second kappa shape index (κ2) is 12.2. The third-order valence-electron chi connectivity index (χ3n) is 5.37. The quantitative estimate of drug-likeness (QED) is 0.290. The maximum Gasteiger partial charge on any atom is 0.268 e. The molecule has 1 atom stereocenters. The Bertz CT molecular complexity index is 1120. The first-order chi connectivity index (χ1) is 16.7. The first-order valence-corrected chi connectivity index (χ1v) is 12.1. The molecule has 4 N–H and O–H groups in total. The van der Waals surface area contributed by atoms with Crippen LogP contribution in [0.25, 0.3) is 22.2 Å². The van der Waals surface area contributed by atoms with Gasteiger partial charge in [-0.05, 0) is 62.7 Å². The zero-order chi connectivity index (χ0) is 25.5. The molecule has 3 rings (SSSR count). The number of carbonyl (C=O) groups is 1. The molecule has 0 saturated carbocycles. The molecule has 3 aromatic rings. The number of rotatable bonds is 12. The Balaban J connectivity index is 1.70. The number of ether oxygens (including phenoxy) is 1. The summed E-state index contributed by atoms with van der Waals surface area (Å²) in [6.07, 6.45) is -0.911. The van der Waals surface area contributed by atoms with Gasteiger partial charge in [-0.2, -0.15) is 4.98 Å². The summed E-state index contributed by atoms with van der Waals surface area (Å²) in [7, 11) is 1.97. The summed E-state index contributed by atoms with van der Waals surface area (Å²) in [6.45, 7) is 6.65. The molecular weight excluding hydrogens is 472 g/mol. The van der Waals surface area contributed by atoms with E-state index in [2.05, 4.69) is 20.4 Å². The van der Waals surface area contributed by atoms with Gasteiger partial charge in [-0.3, -0.25) is 9.69 Å². The van der Waals surface area contributed by atoms with Crippen LogP contribution in [-0.2, 0) is 11.3 Å². The maximum absolute atomic E-state index is 11.1. The van der Waals surface area contributed by atoms with Gasteiger partial charge in [0, 0.05) is 30.1 Å². The van der Waals surface area contributed by atoms with Gasteiger partial charge in [0.25, 0.3) is 5.89 Å². The normalized spacial score (nSPS) is 12.2. The highest BCUT2D eigenvalue weighted by atomic mass is 32.1. The van der Waals surface area contributed by atoms with Crippen molar-refractivity contribution in [2.24, 2.45) is 0 Å². The van der Waals surface area contributed by atoms with Gasteiger partial charge in [0.1, 0.15) is 25.1 Å². The summed E-state index contributed by atoms with van der Waals surface area (Å²) in [5.74, 6) is 1.00. The number of aliphatic hydroxyl groups excluding tert-OH is 3. The lowest BCUT2D eigenvalue weighted by molar-refractivity contribution is -0.124. The molecule has 2 aromatic heterocycles. The van der Waals surface area contributed by atoms with Crippen LogP contribution < -0.4 is 10.1 Å². The topological polar surface area (TPSA) is 141 Å². The van der Waals surface area contributed by atoms with Crippen molar-refractivity contribution in [1.82, 2.24) is 20.4 Å². The molecule has 2 heterocycles. The molecule has 0 saturated heterocycles. The van der Waals surface area contributed by atoms with Gasteiger partial charge in [0.2, 0.25) is 11.7 Å². The van der Waals surface area contributed by atoms with E-state index >= 15 is 0 Å². The molecule has 0 bridgehead atoms. The fraction of sp³-hybridized carbons (Fsp3) is 0.458. The van der Waals surface area contributed by atoms with E-state index in [4.69, 9.17) is 19.5 Å². The van der Waals surface area contributed by atoms with E-state index in [0.717, 1.165) is 33.7 Å². The standard InChI is InChI=1S/C24H32N4O6S/c1-14-9-19(35-20(14)11-28(4)5-6-29)24-26-23(27-34-24)17-7-15(2)22(16(3)8-17)33-13-18(31)10-25-21(32)12-30/h7-9,18,29-31H,5-6,10-13H2,1-4H3,(H,25,32)/t18-/m1/s1. The molecule has 1 amide bonds. The molecule has 0 aliphatic rings. The third kappa shape index (κ3) is 7.09. The first-order valence-electron chi connectivity index (χ1n) is 11.2. The van der Waals surface area contributed by atoms with Crippen LogP contribution >= 0.6 is 11.3 Å². The summed E-state index contributed by atoms with van der Waals surface area (Å²) < 4.78 is 11.3. The Labute approximate surface area is 208 Å². The van der Waals surface area contributed by atoms with Crippen LogP contribution in [0, 0.1) is 20.8 Å². The summed E-state index contributed by atoms with van der Waals surface area (Å²) in [6, 6.07) is 5.82. The number of aryl methyl sites for hydroxylation is 3. The molecular formula is C24H32N4O6S. The van der Waals surface area contributed by atoms with E-state index in [1.165, 1.54) is 4.88 Å². The van der Waals surface area contributed by atoms with Crippen LogP contribution in [0.1, 0.15) is 21.6 Å². The molecule has 1 aromatic carbocycles. The highest BCUT2D eigenvalue weighted by Crippen LogP contribution is 2.34. The Kier molecular flexibility index (Phi) is 9.35. The number of likely N-dealkylation sites (N-methyl/N-ethyl adjacent to an activating group) is 1. The summed E-state index contributed by atoms with van der Waals surface area (Å²) >= 11 is 1.60. The van der Waals surface area contributed by atoms with Crippen LogP contribution in [0.2, 0.25) is 0 Å². The van der Waals surface area contributed by atoms with Gasteiger partial charge in [0.05, 0.1) is 11.5 Å². The highest BCUT2D eigenvalue weighted by Gasteiger charge is 2.18. The van der Waals surface area contributed by atoms with Crippen molar-refractivity contribution in [3.05, 3.63) is 39.8 Å². The van der Waals surface area contributed by atoms with Gasteiger partial charge >= 0.3 is 0 Å². The largest absolute Gasteiger partial charge is 0.490 e. The number of carbonyl (C=O) groups excluding carboxylic acids is 1. The molecule has 0 unspecified atom stereocenters. The lowest BCUT2D eigenvalue weighted by Gasteiger charge is -2.16. The van der Waals surface area contributed by atoms with Crippen molar-refractivity contribution in [2.75, 3.05) is 40.0 Å². The lowest BCUT2D eigenvalue weighted by Crippen LogP contribution is -2.36. The van der Waals surface area contributed by atoms with E-state index in [9.17, 15) is 9.90 Å². The van der Waals surface area contributed by atoms with E-state index in [-0.39, 0.29) is 19.8 Å². The van der Waals surface area contributed by atoms with Crippen LogP contribution in [0.3, 0.4) is 0 Å². The van der Waals surface area contributed by atoms with E-state index in [0.29, 0.717) is 24.0 Å². The first kappa shape index (κ1) is 26.8. The molecule has 190 valence electrons. The summed E-state index contributed by atoms with van der Waals surface area (Å²) in [4.78, 5) is 19.8. The van der Waals surface area contributed by atoms with E-state index < -0.39 is 18.6 Å². The second-order valence-electron chi connectivity index (χ2n) is 8.47. The maximum atomic E-state index is 11.1. The Morgan fingerprint density at radius 3 is 2.57 bits per heavy atom. The molecule has 11 heteroatoms. The Hall–Kier alpha value is -2.83. The van der Waals surface area contributed by atoms with Gasteiger partial charge < -0.3 is 29.9 Å². The average Bonchev–Trinajstić information content (AvgIpc) is 3.44. The predicted molar refractivity (Wildman–Crippen MR) is 132 cm³/mol. The highest BCUT2D eigenvalue weighted by molar-refractivity contribution is 7.15. The lowest BCUT2D eigenvalue weighted by atomic mass is 10.1. The van der Waals surface area contributed by atoms with Crippen molar-refractivity contribution in [2.45, 2.75) is 33.4 Å². The van der Waals surface area contributed by atoms with Crippen molar-refractivity contribution in [3.63, 3.8) is 0 Å². The van der Waals surface area contributed by atoms with Gasteiger partial charge in [-0.1, -0.05) is 5.16 Å². The Morgan fingerprint density at radius 2 is 1.91 bits per heavy atom. The summed E-state index contributed by atoms with van der Waals surface area (Å²) in [5, 5.41) is 34.4. The minimum atomic E-state index is -0.911.